The molecule has 1 aromatic heterocycles. The van der Waals surface area contributed by atoms with Crippen molar-refractivity contribution in [3.63, 3.8) is 0 Å². The lowest BCUT2D eigenvalue weighted by molar-refractivity contribution is 0.238. The molecule has 2 rings (SSSR count). The fraction of sp³-hybridized carbons (Fsp3) is 0.769. The van der Waals surface area contributed by atoms with Gasteiger partial charge in [-0.1, -0.05) is 13.8 Å². The van der Waals surface area contributed by atoms with Crippen molar-refractivity contribution in [3.05, 3.63) is 18.0 Å². The van der Waals surface area contributed by atoms with E-state index in [1.807, 2.05) is 17.9 Å². The molecule has 1 saturated heterocycles. The molecule has 1 aliphatic heterocycles. The van der Waals surface area contributed by atoms with E-state index in [2.05, 4.69) is 35.4 Å². The molecule has 4 nitrogen and oxygen atoms in total. The maximum atomic E-state index is 4.23. The van der Waals surface area contributed by atoms with Crippen LogP contribution in [-0.2, 0) is 13.6 Å². The van der Waals surface area contributed by atoms with Gasteiger partial charge >= 0.3 is 0 Å². The number of hydrogen-bond acceptors (Lipinski definition) is 3. The number of rotatable bonds is 3. The summed E-state index contributed by atoms with van der Waals surface area (Å²) in [5, 5.41) is 7.87. The number of nitrogens with one attached hydrogen (secondary N) is 1. The molecule has 1 N–H and O–H groups in total. The number of aromatic nitrogens is 2. The van der Waals surface area contributed by atoms with E-state index in [9.17, 15) is 0 Å². The smallest absolute Gasteiger partial charge is 0.0534 e. The van der Waals surface area contributed by atoms with E-state index < -0.39 is 0 Å². The van der Waals surface area contributed by atoms with Crippen molar-refractivity contribution in [2.45, 2.75) is 32.9 Å². The molecule has 0 spiro atoms. The highest BCUT2D eigenvalue weighted by atomic mass is 15.2. The van der Waals surface area contributed by atoms with Gasteiger partial charge in [0.1, 0.15) is 0 Å². The standard InChI is InChI=1S/C13H24N4/c1-11(2)13-10-17(6-4-5-14-13)9-12-7-15-16(3)8-12/h7-8,11,13-14H,4-6,9-10H2,1-3H3. The minimum atomic E-state index is 0.620. The van der Waals surface area contributed by atoms with Gasteiger partial charge in [-0.05, 0) is 25.4 Å². The molecular formula is C13H24N4. The van der Waals surface area contributed by atoms with Gasteiger partial charge in [0.05, 0.1) is 6.20 Å². The molecule has 17 heavy (non-hydrogen) atoms. The van der Waals surface area contributed by atoms with E-state index >= 15 is 0 Å². The Morgan fingerprint density at radius 2 is 2.35 bits per heavy atom. The molecule has 0 amide bonds. The highest BCUT2D eigenvalue weighted by Crippen LogP contribution is 2.11. The van der Waals surface area contributed by atoms with Crippen LogP contribution in [0.2, 0.25) is 0 Å². The minimum absolute atomic E-state index is 0.620. The lowest BCUT2D eigenvalue weighted by Gasteiger charge is -2.26. The van der Waals surface area contributed by atoms with Gasteiger partial charge in [-0.25, -0.2) is 0 Å². The maximum absolute atomic E-state index is 4.23. The molecule has 2 heterocycles. The van der Waals surface area contributed by atoms with Crippen LogP contribution in [0.15, 0.2) is 12.4 Å². The van der Waals surface area contributed by atoms with Crippen LogP contribution in [0.1, 0.15) is 25.8 Å². The SMILES string of the molecule is CC(C)C1CN(Cc2cnn(C)c2)CCCN1. The predicted octanol–water partition coefficient (Wildman–Crippen LogP) is 1.24. The van der Waals surface area contributed by atoms with Crippen LogP contribution in [0.4, 0.5) is 0 Å². The predicted molar refractivity (Wildman–Crippen MR) is 69.7 cm³/mol. The van der Waals surface area contributed by atoms with Crippen LogP contribution >= 0.6 is 0 Å². The Bertz CT molecular complexity index is 345. The molecule has 0 aromatic carbocycles. The summed E-state index contributed by atoms with van der Waals surface area (Å²) in [6.07, 6.45) is 5.33. The van der Waals surface area contributed by atoms with Gasteiger partial charge in [0, 0.05) is 37.9 Å². The number of hydrogen-bond donors (Lipinski definition) is 1. The average Bonchev–Trinajstić information content (AvgIpc) is 2.54. The zero-order valence-electron chi connectivity index (χ0n) is 11.2. The van der Waals surface area contributed by atoms with Crippen LogP contribution in [-0.4, -0.2) is 40.4 Å². The Kier molecular flexibility index (Phi) is 4.18. The summed E-state index contributed by atoms with van der Waals surface area (Å²) in [5.41, 5.74) is 1.32. The van der Waals surface area contributed by atoms with E-state index in [4.69, 9.17) is 0 Å². The number of aryl methyl sites for hydroxylation is 1. The molecule has 0 radical (unpaired) electrons. The van der Waals surface area contributed by atoms with E-state index in [0.717, 1.165) is 19.6 Å². The van der Waals surface area contributed by atoms with Crippen molar-refractivity contribution < 1.29 is 0 Å². The van der Waals surface area contributed by atoms with E-state index in [0.29, 0.717) is 12.0 Å². The third-order valence-corrected chi connectivity index (χ3v) is 3.48. The molecule has 1 aliphatic rings. The second-order valence-electron chi connectivity index (χ2n) is 5.42. The Hall–Kier alpha value is -0.870. The molecule has 1 unspecified atom stereocenters. The normalized spacial score (nSPS) is 22.9. The average molecular weight is 236 g/mol. The molecule has 96 valence electrons. The summed E-state index contributed by atoms with van der Waals surface area (Å²) >= 11 is 0. The van der Waals surface area contributed by atoms with E-state index in [-0.39, 0.29) is 0 Å². The lowest BCUT2D eigenvalue weighted by atomic mass is 10.0. The molecule has 0 bridgehead atoms. The van der Waals surface area contributed by atoms with Crippen molar-refractivity contribution in [3.8, 4) is 0 Å². The fourth-order valence-corrected chi connectivity index (χ4v) is 2.43. The van der Waals surface area contributed by atoms with Crippen molar-refractivity contribution in [1.82, 2.24) is 20.0 Å². The first kappa shape index (κ1) is 12.6. The van der Waals surface area contributed by atoms with Gasteiger partial charge in [-0.3, -0.25) is 9.58 Å². The molecule has 1 aromatic rings. The zero-order chi connectivity index (χ0) is 12.3. The highest BCUT2D eigenvalue weighted by Gasteiger charge is 2.20. The highest BCUT2D eigenvalue weighted by molar-refractivity contribution is 5.03. The third-order valence-electron chi connectivity index (χ3n) is 3.48. The van der Waals surface area contributed by atoms with Gasteiger partial charge in [0.25, 0.3) is 0 Å². The lowest BCUT2D eigenvalue weighted by Crippen LogP contribution is -2.40. The quantitative estimate of drug-likeness (QED) is 0.857. The zero-order valence-corrected chi connectivity index (χ0v) is 11.2. The number of nitrogens with zero attached hydrogens (tertiary/aromatic N) is 3. The van der Waals surface area contributed by atoms with Gasteiger partial charge < -0.3 is 5.32 Å². The summed E-state index contributed by atoms with van der Waals surface area (Å²) in [4.78, 5) is 2.54. The van der Waals surface area contributed by atoms with Crippen LogP contribution in [0.5, 0.6) is 0 Å². The van der Waals surface area contributed by atoms with Crippen LogP contribution in [0.3, 0.4) is 0 Å². The first-order chi connectivity index (χ1) is 8.15. The van der Waals surface area contributed by atoms with Gasteiger partial charge in [-0.2, -0.15) is 5.10 Å². The van der Waals surface area contributed by atoms with Crippen molar-refractivity contribution in [2.24, 2.45) is 13.0 Å². The molecule has 0 saturated carbocycles. The van der Waals surface area contributed by atoms with Gasteiger partial charge in [-0.15, -0.1) is 0 Å². The fourth-order valence-electron chi connectivity index (χ4n) is 2.43. The van der Waals surface area contributed by atoms with Gasteiger partial charge in [0.15, 0.2) is 0 Å². The van der Waals surface area contributed by atoms with Crippen LogP contribution in [0, 0.1) is 5.92 Å². The molecule has 1 fully saturated rings. The monoisotopic (exact) mass is 236 g/mol. The first-order valence-corrected chi connectivity index (χ1v) is 6.58. The minimum Gasteiger partial charge on any atom is -0.312 e. The summed E-state index contributed by atoms with van der Waals surface area (Å²) in [6, 6.07) is 0.620. The van der Waals surface area contributed by atoms with Crippen LogP contribution < -0.4 is 5.32 Å². The van der Waals surface area contributed by atoms with Crippen molar-refractivity contribution >= 4 is 0 Å². The molecule has 0 aliphatic carbocycles. The topological polar surface area (TPSA) is 33.1 Å². The van der Waals surface area contributed by atoms with Crippen molar-refractivity contribution in [1.29, 1.82) is 0 Å². The largest absolute Gasteiger partial charge is 0.312 e. The Morgan fingerprint density at radius 3 is 3.00 bits per heavy atom. The molecule has 4 heteroatoms. The molecule has 1 atom stereocenters. The summed E-state index contributed by atoms with van der Waals surface area (Å²) in [5.74, 6) is 0.699. The van der Waals surface area contributed by atoms with Gasteiger partial charge in [0.2, 0.25) is 0 Å². The van der Waals surface area contributed by atoms with Crippen molar-refractivity contribution in [2.75, 3.05) is 19.6 Å². The van der Waals surface area contributed by atoms with Crippen LogP contribution in [0.25, 0.3) is 0 Å². The third kappa shape index (κ3) is 3.54. The molecular weight excluding hydrogens is 212 g/mol. The summed E-state index contributed by atoms with van der Waals surface area (Å²) in [6.45, 7) is 9.10. The second-order valence-corrected chi connectivity index (χ2v) is 5.42. The van der Waals surface area contributed by atoms with E-state index in [1.165, 1.54) is 18.5 Å². The summed E-state index contributed by atoms with van der Waals surface area (Å²) in [7, 11) is 1.98. The Labute approximate surface area is 104 Å². The Morgan fingerprint density at radius 1 is 1.53 bits per heavy atom. The maximum Gasteiger partial charge on any atom is 0.0534 e. The Balaban J connectivity index is 1.94. The second kappa shape index (κ2) is 5.65. The van der Waals surface area contributed by atoms with E-state index in [1.54, 1.807) is 0 Å². The summed E-state index contributed by atoms with van der Waals surface area (Å²) < 4.78 is 1.88. The first-order valence-electron chi connectivity index (χ1n) is 6.58.